The average Bonchev–Trinajstić information content (AvgIpc) is 2.81. The van der Waals surface area contributed by atoms with Gasteiger partial charge < -0.3 is 10.2 Å². The summed E-state index contributed by atoms with van der Waals surface area (Å²) in [6, 6.07) is 19.7. The molecule has 31 heavy (non-hydrogen) atoms. The van der Waals surface area contributed by atoms with Gasteiger partial charge in [-0.25, -0.2) is 5.10 Å². The van der Waals surface area contributed by atoms with Crippen LogP contribution < -0.4 is 15.8 Å². The van der Waals surface area contributed by atoms with Crippen molar-refractivity contribution in [3.8, 4) is 11.3 Å². The number of carbonyl (C=O) groups is 1. The molecule has 7 heteroatoms. The van der Waals surface area contributed by atoms with Crippen LogP contribution in [0.25, 0.3) is 11.3 Å². The second-order valence-electron chi connectivity index (χ2n) is 7.81. The van der Waals surface area contributed by atoms with Crippen LogP contribution >= 0.6 is 0 Å². The van der Waals surface area contributed by atoms with Crippen molar-refractivity contribution in [3.05, 3.63) is 76.6 Å². The maximum atomic E-state index is 12.4. The van der Waals surface area contributed by atoms with E-state index in [0.717, 1.165) is 44.0 Å². The number of nitrogens with one attached hydrogen (secondary N) is 2. The highest BCUT2D eigenvalue weighted by molar-refractivity contribution is 5.91. The third-order valence-corrected chi connectivity index (χ3v) is 5.60. The summed E-state index contributed by atoms with van der Waals surface area (Å²) in [5.74, 6) is 0.0104. The van der Waals surface area contributed by atoms with Crippen LogP contribution in [0.4, 0.5) is 11.4 Å². The smallest absolute Gasteiger partial charge is 0.267 e. The number of carbonyl (C=O) groups excluding carboxylic acids is 1. The zero-order chi connectivity index (χ0) is 21.6. The standard InChI is InChI=1S/C24H27N5O2/c1-18-17-22(26-27-24(18)31)19-7-9-20(10-8-19)25-23(30)11-12-28-13-15-29(16-14-28)21-5-3-2-4-6-21/h2-10,17H,11-16H2,1H3,(H,25,30)(H,27,31). The van der Waals surface area contributed by atoms with Gasteiger partial charge in [0.1, 0.15) is 0 Å². The third-order valence-electron chi connectivity index (χ3n) is 5.60. The van der Waals surface area contributed by atoms with Crippen LogP contribution in [0.3, 0.4) is 0 Å². The molecule has 1 aromatic heterocycles. The van der Waals surface area contributed by atoms with Crippen LogP contribution in [-0.2, 0) is 4.79 Å². The molecule has 1 fully saturated rings. The molecule has 0 spiro atoms. The molecule has 0 atom stereocenters. The summed E-state index contributed by atoms with van der Waals surface area (Å²) in [6.45, 7) is 6.38. The second kappa shape index (κ2) is 9.57. The van der Waals surface area contributed by atoms with Gasteiger partial charge in [-0.05, 0) is 37.3 Å². The maximum Gasteiger partial charge on any atom is 0.267 e. The van der Waals surface area contributed by atoms with Crippen LogP contribution in [0.2, 0.25) is 0 Å². The van der Waals surface area contributed by atoms with Gasteiger partial charge in [0.25, 0.3) is 5.56 Å². The van der Waals surface area contributed by atoms with Crippen molar-refractivity contribution in [2.24, 2.45) is 0 Å². The fourth-order valence-corrected chi connectivity index (χ4v) is 3.73. The zero-order valence-corrected chi connectivity index (χ0v) is 17.7. The first-order valence-electron chi connectivity index (χ1n) is 10.6. The first-order valence-corrected chi connectivity index (χ1v) is 10.6. The molecule has 160 valence electrons. The van der Waals surface area contributed by atoms with E-state index in [4.69, 9.17) is 0 Å². The number of amides is 1. The molecule has 0 unspecified atom stereocenters. The molecule has 1 aliphatic heterocycles. The Hall–Kier alpha value is -3.45. The predicted octanol–water partition coefficient (Wildman–Crippen LogP) is 2.90. The van der Waals surface area contributed by atoms with Gasteiger partial charge in [-0.1, -0.05) is 30.3 Å². The van der Waals surface area contributed by atoms with E-state index in [0.29, 0.717) is 17.7 Å². The van der Waals surface area contributed by atoms with Gasteiger partial charge in [0, 0.05) is 61.6 Å². The van der Waals surface area contributed by atoms with Crippen LogP contribution in [0.15, 0.2) is 65.5 Å². The molecule has 2 aromatic carbocycles. The SMILES string of the molecule is Cc1cc(-c2ccc(NC(=O)CCN3CCN(c4ccccc4)CC3)cc2)n[nH]c1=O. The molecule has 0 saturated carbocycles. The summed E-state index contributed by atoms with van der Waals surface area (Å²) in [6.07, 6.45) is 0.466. The number of hydrogen-bond donors (Lipinski definition) is 2. The van der Waals surface area contributed by atoms with Crippen molar-refractivity contribution in [2.45, 2.75) is 13.3 Å². The summed E-state index contributed by atoms with van der Waals surface area (Å²) in [7, 11) is 0. The molecular formula is C24H27N5O2. The highest BCUT2D eigenvalue weighted by Gasteiger charge is 2.17. The highest BCUT2D eigenvalue weighted by atomic mass is 16.1. The van der Waals surface area contributed by atoms with Gasteiger partial charge >= 0.3 is 0 Å². The first-order chi connectivity index (χ1) is 15.1. The molecule has 2 heterocycles. The van der Waals surface area contributed by atoms with Crippen molar-refractivity contribution in [2.75, 3.05) is 42.9 Å². The van der Waals surface area contributed by atoms with Crippen molar-refractivity contribution in [1.29, 1.82) is 0 Å². The van der Waals surface area contributed by atoms with Gasteiger partial charge in [-0.3, -0.25) is 14.5 Å². The lowest BCUT2D eigenvalue weighted by Crippen LogP contribution is -2.47. The lowest BCUT2D eigenvalue weighted by atomic mass is 10.1. The Morgan fingerprint density at radius 2 is 1.74 bits per heavy atom. The van der Waals surface area contributed by atoms with Gasteiger partial charge in [0.05, 0.1) is 5.69 Å². The summed E-state index contributed by atoms with van der Waals surface area (Å²) in [5, 5.41) is 9.52. The van der Waals surface area contributed by atoms with Crippen LogP contribution in [0.1, 0.15) is 12.0 Å². The van der Waals surface area contributed by atoms with E-state index in [1.54, 1.807) is 13.0 Å². The van der Waals surface area contributed by atoms with E-state index in [1.165, 1.54) is 5.69 Å². The quantitative estimate of drug-likeness (QED) is 0.645. The lowest BCUT2D eigenvalue weighted by Gasteiger charge is -2.36. The molecule has 3 aromatic rings. The molecule has 2 N–H and O–H groups in total. The molecule has 7 nitrogen and oxygen atoms in total. The Morgan fingerprint density at radius 1 is 1.03 bits per heavy atom. The largest absolute Gasteiger partial charge is 0.369 e. The molecule has 1 aliphatic rings. The van der Waals surface area contributed by atoms with E-state index >= 15 is 0 Å². The molecule has 1 saturated heterocycles. The van der Waals surface area contributed by atoms with Gasteiger partial charge in [0.15, 0.2) is 0 Å². The zero-order valence-electron chi connectivity index (χ0n) is 17.7. The molecule has 0 aliphatic carbocycles. The number of aromatic amines is 1. The number of benzene rings is 2. The fraction of sp³-hybridized carbons (Fsp3) is 0.292. The summed E-state index contributed by atoms with van der Waals surface area (Å²) >= 11 is 0. The maximum absolute atomic E-state index is 12.4. The minimum Gasteiger partial charge on any atom is -0.369 e. The monoisotopic (exact) mass is 417 g/mol. The van der Waals surface area contributed by atoms with Crippen LogP contribution in [0, 0.1) is 6.92 Å². The van der Waals surface area contributed by atoms with Crippen molar-refractivity contribution in [1.82, 2.24) is 15.1 Å². The number of anilines is 2. The Kier molecular flexibility index (Phi) is 6.43. The highest BCUT2D eigenvalue weighted by Crippen LogP contribution is 2.19. The Bertz CT molecular complexity index is 1070. The molecule has 0 bridgehead atoms. The summed E-state index contributed by atoms with van der Waals surface area (Å²) < 4.78 is 0. The van der Waals surface area contributed by atoms with Crippen molar-refractivity contribution in [3.63, 3.8) is 0 Å². The van der Waals surface area contributed by atoms with Crippen molar-refractivity contribution >= 4 is 17.3 Å². The number of nitrogens with zero attached hydrogens (tertiary/aromatic N) is 3. The van der Waals surface area contributed by atoms with E-state index in [1.807, 2.05) is 30.3 Å². The lowest BCUT2D eigenvalue weighted by molar-refractivity contribution is -0.116. The number of para-hydroxylation sites is 1. The summed E-state index contributed by atoms with van der Waals surface area (Å²) in [5.41, 5.74) is 4.03. The van der Waals surface area contributed by atoms with E-state index in [2.05, 4.69) is 49.6 Å². The van der Waals surface area contributed by atoms with Crippen LogP contribution in [0.5, 0.6) is 0 Å². The minimum atomic E-state index is -0.186. The van der Waals surface area contributed by atoms with Crippen molar-refractivity contribution < 1.29 is 4.79 Å². The minimum absolute atomic E-state index is 0.0104. The molecular weight excluding hydrogens is 390 g/mol. The fourth-order valence-electron chi connectivity index (χ4n) is 3.73. The van der Waals surface area contributed by atoms with Gasteiger partial charge in [-0.2, -0.15) is 5.10 Å². The number of rotatable bonds is 6. The van der Waals surface area contributed by atoms with E-state index in [-0.39, 0.29) is 11.5 Å². The number of H-pyrrole nitrogens is 1. The Balaban J connectivity index is 1.24. The first kappa shape index (κ1) is 20.8. The number of aromatic nitrogens is 2. The van der Waals surface area contributed by atoms with E-state index in [9.17, 15) is 9.59 Å². The summed E-state index contributed by atoms with van der Waals surface area (Å²) in [4.78, 5) is 28.6. The Morgan fingerprint density at radius 3 is 2.42 bits per heavy atom. The normalized spacial score (nSPS) is 14.4. The number of hydrogen-bond acceptors (Lipinski definition) is 5. The van der Waals surface area contributed by atoms with E-state index < -0.39 is 0 Å². The number of piperazine rings is 1. The van der Waals surface area contributed by atoms with Crippen LogP contribution in [-0.4, -0.2) is 53.7 Å². The Labute approximate surface area is 181 Å². The average molecular weight is 418 g/mol. The van der Waals surface area contributed by atoms with Gasteiger partial charge in [-0.15, -0.1) is 0 Å². The predicted molar refractivity (Wildman–Crippen MR) is 123 cm³/mol. The molecule has 0 radical (unpaired) electrons. The second-order valence-corrected chi connectivity index (χ2v) is 7.81. The molecule has 4 rings (SSSR count). The number of aryl methyl sites for hydroxylation is 1. The third kappa shape index (κ3) is 5.38. The van der Waals surface area contributed by atoms with Gasteiger partial charge in [0.2, 0.25) is 5.91 Å². The molecule has 1 amide bonds. The topological polar surface area (TPSA) is 81.3 Å².